The highest BCUT2D eigenvalue weighted by Gasteiger charge is 2.18. The molecule has 0 aliphatic carbocycles. The SMILES string of the molecule is CC[C@H](OC)c1n[nH]c(=O)n1-c1ccc2ccccc2c1. The molecule has 0 spiro atoms. The lowest BCUT2D eigenvalue weighted by atomic mass is 10.1. The standard InChI is InChI=1S/C16H17N3O2/c1-3-14(21-2)15-17-18-16(20)19(15)13-9-8-11-6-4-5-7-12(11)10-13/h4-10,14H,3H2,1-2H3,(H,18,20)/t14-/m0/s1. The van der Waals surface area contributed by atoms with Crippen LogP contribution in [0.3, 0.4) is 0 Å². The highest BCUT2D eigenvalue weighted by molar-refractivity contribution is 5.84. The van der Waals surface area contributed by atoms with Gasteiger partial charge in [-0.25, -0.2) is 14.5 Å². The number of ether oxygens (including phenoxy) is 1. The maximum Gasteiger partial charge on any atom is 0.348 e. The van der Waals surface area contributed by atoms with Crippen molar-refractivity contribution in [3.63, 3.8) is 0 Å². The van der Waals surface area contributed by atoms with Crippen molar-refractivity contribution in [1.82, 2.24) is 14.8 Å². The molecular formula is C16H17N3O2. The molecule has 0 saturated heterocycles. The Balaban J connectivity index is 2.18. The molecule has 0 radical (unpaired) electrons. The molecule has 21 heavy (non-hydrogen) atoms. The first-order chi connectivity index (χ1) is 10.2. The van der Waals surface area contributed by atoms with E-state index in [9.17, 15) is 4.79 Å². The lowest BCUT2D eigenvalue weighted by molar-refractivity contribution is 0.0910. The average molecular weight is 283 g/mol. The number of benzene rings is 2. The molecule has 0 aliphatic rings. The van der Waals surface area contributed by atoms with Gasteiger partial charge in [-0.3, -0.25) is 0 Å². The molecule has 0 amide bonds. The molecule has 1 aromatic heterocycles. The lowest BCUT2D eigenvalue weighted by Crippen LogP contribution is -2.19. The summed E-state index contributed by atoms with van der Waals surface area (Å²) < 4.78 is 6.98. The van der Waals surface area contributed by atoms with Crippen LogP contribution in [0.5, 0.6) is 0 Å². The number of fused-ring (bicyclic) bond motifs is 1. The number of hydrogen-bond acceptors (Lipinski definition) is 3. The summed E-state index contributed by atoms with van der Waals surface area (Å²) in [5.74, 6) is 0.597. The first kappa shape index (κ1) is 13.6. The van der Waals surface area contributed by atoms with Crippen molar-refractivity contribution in [2.75, 3.05) is 7.11 Å². The molecule has 1 heterocycles. The van der Waals surface area contributed by atoms with Gasteiger partial charge in [-0.2, -0.15) is 5.10 Å². The molecule has 0 saturated carbocycles. The molecule has 0 fully saturated rings. The zero-order valence-electron chi connectivity index (χ0n) is 12.0. The van der Waals surface area contributed by atoms with E-state index in [4.69, 9.17) is 4.74 Å². The molecule has 0 unspecified atom stereocenters. The van der Waals surface area contributed by atoms with Gasteiger partial charge in [0.25, 0.3) is 0 Å². The number of methoxy groups -OCH3 is 1. The largest absolute Gasteiger partial charge is 0.373 e. The van der Waals surface area contributed by atoms with E-state index < -0.39 is 0 Å². The van der Waals surface area contributed by atoms with E-state index in [-0.39, 0.29) is 11.8 Å². The third-order valence-electron chi connectivity index (χ3n) is 3.63. The van der Waals surface area contributed by atoms with Crippen LogP contribution >= 0.6 is 0 Å². The van der Waals surface area contributed by atoms with Gasteiger partial charge in [-0.1, -0.05) is 37.3 Å². The second kappa shape index (κ2) is 5.54. The van der Waals surface area contributed by atoms with Crippen molar-refractivity contribution in [3.8, 4) is 5.69 Å². The van der Waals surface area contributed by atoms with Gasteiger partial charge in [0.2, 0.25) is 0 Å². The van der Waals surface area contributed by atoms with Crippen molar-refractivity contribution in [3.05, 3.63) is 58.8 Å². The van der Waals surface area contributed by atoms with E-state index in [1.54, 1.807) is 11.7 Å². The average Bonchev–Trinajstić information content (AvgIpc) is 2.90. The lowest BCUT2D eigenvalue weighted by Gasteiger charge is -2.13. The van der Waals surface area contributed by atoms with Gasteiger partial charge in [-0.05, 0) is 29.3 Å². The zero-order chi connectivity index (χ0) is 14.8. The highest BCUT2D eigenvalue weighted by Crippen LogP contribution is 2.22. The Labute approximate surface area is 122 Å². The van der Waals surface area contributed by atoms with Crippen molar-refractivity contribution in [2.45, 2.75) is 19.4 Å². The summed E-state index contributed by atoms with van der Waals surface area (Å²) in [6.45, 7) is 2.00. The number of nitrogens with zero attached hydrogens (tertiary/aromatic N) is 2. The van der Waals surface area contributed by atoms with Crippen molar-refractivity contribution in [2.24, 2.45) is 0 Å². The fourth-order valence-corrected chi connectivity index (χ4v) is 2.55. The van der Waals surface area contributed by atoms with Gasteiger partial charge in [0, 0.05) is 7.11 Å². The molecule has 5 nitrogen and oxygen atoms in total. The van der Waals surface area contributed by atoms with Crippen LogP contribution in [0.4, 0.5) is 0 Å². The summed E-state index contributed by atoms with van der Waals surface area (Å²) in [7, 11) is 1.62. The fourth-order valence-electron chi connectivity index (χ4n) is 2.55. The molecule has 1 N–H and O–H groups in total. The Morgan fingerprint density at radius 1 is 1.24 bits per heavy atom. The van der Waals surface area contributed by atoms with Crippen LogP contribution in [0, 0.1) is 0 Å². The Morgan fingerprint density at radius 2 is 2.00 bits per heavy atom. The van der Waals surface area contributed by atoms with Gasteiger partial charge in [-0.15, -0.1) is 0 Å². The van der Waals surface area contributed by atoms with Gasteiger partial charge in [0.15, 0.2) is 5.82 Å². The summed E-state index contributed by atoms with van der Waals surface area (Å²) in [5.41, 5.74) is 0.536. The molecular weight excluding hydrogens is 266 g/mol. The van der Waals surface area contributed by atoms with Gasteiger partial charge < -0.3 is 4.74 Å². The normalized spacial score (nSPS) is 12.7. The number of hydrogen-bond donors (Lipinski definition) is 1. The van der Waals surface area contributed by atoms with Gasteiger partial charge in [0.1, 0.15) is 6.10 Å². The van der Waals surface area contributed by atoms with Crippen LogP contribution in [-0.2, 0) is 4.74 Å². The number of H-pyrrole nitrogens is 1. The first-order valence-electron chi connectivity index (χ1n) is 6.94. The second-order valence-corrected chi connectivity index (χ2v) is 4.89. The van der Waals surface area contributed by atoms with Crippen molar-refractivity contribution in [1.29, 1.82) is 0 Å². The Morgan fingerprint density at radius 3 is 2.71 bits per heavy atom. The maximum atomic E-state index is 12.1. The van der Waals surface area contributed by atoms with Crippen LogP contribution in [0.25, 0.3) is 16.5 Å². The molecule has 108 valence electrons. The van der Waals surface area contributed by atoms with E-state index in [1.165, 1.54) is 0 Å². The molecule has 0 bridgehead atoms. The molecule has 2 aromatic carbocycles. The summed E-state index contributed by atoms with van der Waals surface area (Å²) in [6.07, 6.45) is 0.532. The third-order valence-corrected chi connectivity index (χ3v) is 3.63. The third kappa shape index (κ3) is 2.36. The summed E-state index contributed by atoms with van der Waals surface area (Å²) in [4.78, 5) is 12.1. The minimum Gasteiger partial charge on any atom is -0.373 e. The molecule has 3 rings (SSSR count). The highest BCUT2D eigenvalue weighted by atomic mass is 16.5. The fraction of sp³-hybridized carbons (Fsp3) is 0.250. The Bertz CT molecular complexity index is 816. The topological polar surface area (TPSA) is 59.9 Å². The van der Waals surface area contributed by atoms with Crippen molar-refractivity contribution >= 4 is 10.8 Å². The van der Waals surface area contributed by atoms with Crippen molar-refractivity contribution < 1.29 is 4.74 Å². The van der Waals surface area contributed by atoms with Gasteiger partial charge in [0.05, 0.1) is 5.69 Å². The molecule has 5 heteroatoms. The second-order valence-electron chi connectivity index (χ2n) is 4.89. The predicted molar refractivity (Wildman–Crippen MR) is 81.7 cm³/mol. The zero-order valence-corrected chi connectivity index (χ0v) is 12.0. The summed E-state index contributed by atoms with van der Waals surface area (Å²) in [5, 5.41) is 8.84. The Hall–Kier alpha value is -2.40. The Kier molecular flexibility index (Phi) is 3.58. The number of rotatable bonds is 4. The number of aromatic amines is 1. The van der Waals surface area contributed by atoms with Crippen LogP contribution in [-0.4, -0.2) is 21.9 Å². The first-order valence-corrected chi connectivity index (χ1v) is 6.94. The van der Waals surface area contributed by atoms with Crippen LogP contribution in [0.2, 0.25) is 0 Å². The van der Waals surface area contributed by atoms with E-state index in [0.29, 0.717) is 5.82 Å². The predicted octanol–water partition coefficient (Wildman–Crippen LogP) is 2.81. The molecule has 3 aromatic rings. The van der Waals surface area contributed by atoms with Gasteiger partial charge >= 0.3 is 5.69 Å². The monoisotopic (exact) mass is 283 g/mol. The van der Waals surface area contributed by atoms with Crippen LogP contribution < -0.4 is 5.69 Å². The smallest absolute Gasteiger partial charge is 0.348 e. The summed E-state index contributed by atoms with van der Waals surface area (Å²) >= 11 is 0. The van der Waals surface area contributed by atoms with E-state index >= 15 is 0 Å². The number of aromatic nitrogens is 3. The van der Waals surface area contributed by atoms with E-state index in [0.717, 1.165) is 22.9 Å². The minimum atomic E-state index is -0.254. The molecule has 0 aliphatic heterocycles. The van der Waals surface area contributed by atoms with Crippen LogP contribution in [0.1, 0.15) is 25.3 Å². The number of nitrogens with one attached hydrogen (secondary N) is 1. The maximum absolute atomic E-state index is 12.1. The quantitative estimate of drug-likeness (QED) is 0.801. The van der Waals surface area contributed by atoms with Crippen LogP contribution in [0.15, 0.2) is 47.3 Å². The minimum absolute atomic E-state index is 0.213. The summed E-state index contributed by atoms with van der Waals surface area (Å²) in [6, 6.07) is 14.0. The van der Waals surface area contributed by atoms with E-state index in [1.807, 2.05) is 49.4 Å². The molecule has 1 atom stereocenters. The van der Waals surface area contributed by atoms with E-state index in [2.05, 4.69) is 10.2 Å².